The summed E-state index contributed by atoms with van der Waals surface area (Å²) >= 11 is 0. The van der Waals surface area contributed by atoms with Gasteiger partial charge in [0.1, 0.15) is 5.76 Å². The van der Waals surface area contributed by atoms with Crippen LogP contribution in [0.3, 0.4) is 0 Å². The van der Waals surface area contributed by atoms with Crippen LogP contribution >= 0.6 is 0 Å². The third-order valence-corrected chi connectivity index (χ3v) is 2.98. The summed E-state index contributed by atoms with van der Waals surface area (Å²) in [6.45, 7) is 0.609. The van der Waals surface area contributed by atoms with Crippen LogP contribution in [0.4, 0.5) is 9.18 Å². The minimum atomic E-state index is -0.445. The van der Waals surface area contributed by atoms with E-state index in [2.05, 4.69) is 5.32 Å². The van der Waals surface area contributed by atoms with E-state index in [9.17, 15) is 9.18 Å². The monoisotopic (exact) mass is 292 g/mol. The molecule has 1 aromatic carbocycles. The molecule has 0 saturated heterocycles. The van der Waals surface area contributed by atoms with Crippen molar-refractivity contribution in [2.75, 3.05) is 14.2 Å². The second-order valence-electron chi connectivity index (χ2n) is 4.56. The third kappa shape index (κ3) is 3.98. The first-order valence-electron chi connectivity index (χ1n) is 6.44. The molecule has 1 N–H and O–H groups in total. The molecular formula is C15H17FN2O3. The van der Waals surface area contributed by atoms with E-state index < -0.39 is 5.82 Å². The van der Waals surface area contributed by atoms with Crippen LogP contribution in [0.15, 0.2) is 41.0 Å². The fraction of sp³-hybridized carbons (Fsp3) is 0.267. The molecule has 0 aliphatic rings. The molecule has 1 aromatic heterocycles. The lowest BCUT2D eigenvalue weighted by Crippen LogP contribution is -2.36. The zero-order valence-electron chi connectivity index (χ0n) is 11.9. The van der Waals surface area contributed by atoms with Crippen LogP contribution in [0.1, 0.15) is 11.3 Å². The molecule has 5 nitrogen and oxygen atoms in total. The van der Waals surface area contributed by atoms with Crippen molar-refractivity contribution in [1.82, 2.24) is 10.2 Å². The van der Waals surface area contributed by atoms with Gasteiger partial charge >= 0.3 is 6.03 Å². The molecule has 0 atom stereocenters. The quantitative estimate of drug-likeness (QED) is 0.922. The maximum absolute atomic E-state index is 13.6. The first-order valence-corrected chi connectivity index (χ1v) is 6.44. The van der Waals surface area contributed by atoms with Gasteiger partial charge in [-0.15, -0.1) is 0 Å². The number of benzene rings is 1. The van der Waals surface area contributed by atoms with Crippen molar-refractivity contribution < 1.29 is 18.3 Å². The Bertz CT molecular complexity index is 599. The number of urea groups is 1. The number of nitrogens with zero attached hydrogens (tertiary/aromatic N) is 1. The minimum Gasteiger partial charge on any atom is -0.494 e. The number of ether oxygens (including phenoxy) is 1. The number of rotatable bonds is 5. The first kappa shape index (κ1) is 14.9. The average molecular weight is 292 g/mol. The standard InChI is InChI=1S/C15H17FN2O3/c1-18(15(19)17-9-12-4-3-7-21-12)10-11-5-6-14(20-2)13(16)8-11/h3-8H,9-10H2,1-2H3,(H,17,19). The number of furan rings is 1. The summed E-state index contributed by atoms with van der Waals surface area (Å²) < 4.78 is 23.6. The number of hydrogen-bond donors (Lipinski definition) is 1. The average Bonchev–Trinajstić information content (AvgIpc) is 2.98. The maximum atomic E-state index is 13.6. The molecule has 0 spiro atoms. The van der Waals surface area contributed by atoms with Crippen molar-refractivity contribution in [3.05, 3.63) is 53.7 Å². The minimum absolute atomic E-state index is 0.184. The highest BCUT2D eigenvalue weighted by Gasteiger charge is 2.11. The number of carbonyl (C=O) groups is 1. The topological polar surface area (TPSA) is 54.7 Å². The number of nitrogens with one attached hydrogen (secondary N) is 1. The van der Waals surface area contributed by atoms with Gasteiger partial charge < -0.3 is 19.4 Å². The van der Waals surface area contributed by atoms with Gasteiger partial charge in [0, 0.05) is 13.6 Å². The van der Waals surface area contributed by atoms with E-state index >= 15 is 0 Å². The van der Waals surface area contributed by atoms with Crippen LogP contribution in [0, 0.1) is 5.82 Å². The Hall–Kier alpha value is -2.50. The summed E-state index contributed by atoms with van der Waals surface area (Å²) in [5.41, 5.74) is 0.684. The van der Waals surface area contributed by atoms with Crippen LogP contribution in [0.25, 0.3) is 0 Å². The van der Waals surface area contributed by atoms with E-state index in [0.29, 0.717) is 24.4 Å². The molecule has 2 rings (SSSR count). The van der Waals surface area contributed by atoms with Gasteiger partial charge in [0.2, 0.25) is 0 Å². The van der Waals surface area contributed by atoms with Crippen molar-refractivity contribution in [1.29, 1.82) is 0 Å². The molecule has 0 bridgehead atoms. The number of hydrogen-bond acceptors (Lipinski definition) is 3. The van der Waals surface area contributed by atoms with Gasteiger partial charge in [-0.05, 0) is 29.8 Å². The molecule has 0 radical (unpaired) electrons. The zero-order valence-corrected chi connectivity index (χ0v) is 11.9. The molecule has 1 heterocycles. The van der Waals surface area contributed by atoms with Crippen LogP contribution < -0.4 is 10.1 Å². The zero-order chi connectivity index (χ0) is 15.2. The van der Waals surface area contributed by atoms with E-state index in [1.165, 1.54) is 18.1 Å². The van der Waals surface area contributed by atoms with E-state index in [1.54, 1.807) is 37.6 Å². The van der Waals surface area contributed by atoms with Crippen molar-refractivity contribution in [2.45, 2.75) is 13.1 Å². The van der Waals surface area contributed by atoms with Crippen molar-refractivity contribution in [3.8, 4) is 5.75 Å². The maximum Gasteiger partial charge on any atom is 0.317 e. The molecule has 0 aliphatic carbocycles. The molecule has 0 fully saturated rings. The highest BCUT2D eigenvalue weighted by Crippen LogP contribution is 2.18. The SMILES string of the molecule is COc1ccc(CN(C)C(=O)NCc2ccco2)cc1F. The Morgan fingerprint density at radius 3 is 2.86 bits per heavy atom. The normalized spacial score (nSPS) is 10.2. The van der Waals surface area contributed by atoms with E-state index in [1.807, 2.05) is 0 Å². The fourth-order valence-electron chi connectivity index (χ4n) is 1.86. The predicted molar refractivity (Wildman–Crippen MR) is 75.4 cm³/mol. The Kier molecular flexibility index (Phi) is 4.81. The third-order valence-electron chi connectivity index (χ3n) is 2.98. The molecule has 0 aliphatic heterocycles. The van der Waals surface area contributed by atoms with Crippen LogP contribution in [0.2, 0.25) is 0 Å². The summed E-state index contributed by atoms with van der Waals surface area (Å²) in [4.78, 5) is 13.4. The molecule has 112 valence electrons. The fourth-order valence-corrected chi connectivity index (χ4v) is 1.86. The lowest BCUT2D eigenvalue weighted by atomic mass is 10.2. The highest BCUT2D eigenvalue weighted by molar-refractivity contribution is 5.73. The van der Waals surface area contributed by atoms with Gasteiger partial charge in [-0.2, -0.15) is 0 Å². The van der Waals surface area contributed by atoms with Gasteiger partial charge in [0.05, 0.1) is 19.9 Å². The van der Waals surface area contributed by atoms with E-state index in [-0.39, 0.29) is 11.8 Å². The summed E-state index contributed by atoms with van der Waals surface area (Å²) in [5.74, 6) is 0.412. The summed E-state index contributed by atoms with van der Waals surface area (Å²) in [6.07, 6.45) is 1.55. The molecule has 2 aromatic rings. The van der Waals surface area contributed by atoms with Crippen LogP contribution in [0.5, 0.6) is 5.75 Å². The van der Waals surface area contributed by atoms with Crippen molar-refractivity contribution in [2.24, 2.45) is 0 Å². The lowest BCUT2D eigenvalue weighted by molar-refractivity contribution is 0.205. The summed E-state index contributed by atoms with van der Waals surface area (Å²) in [7, 11) is 3.05. The Morgan fingerprint density at radius 1 is 1.43 bits per heavy atom. The lowest BCUT2D eigenvalue weighted by Gasteiger charge is -2.18. The summed E-state index contributed by atoms with van der Waals surface area (Å²) in [5, 5.41) is 2.72. The Labute approximate surface area is 122 Å². The number of halogens is 1. The van der Waals surface area contributed by atoms with Crippen LogP contribution in [-0.2, 0) is 13.1 Å². The highest BCUT2D eigenvalue weighted by atomic mass is 19.1. The second kappa shape index (κ2) is 6.78. The number of amides is 2. The number of carbonyl (C=O) groups excluding carboxylic acids is 1. The Morgan fingerprint density at radius 2 is 2.24 bits per heavy atom. The largest absolute Gasteiger partial charge is 0.494 e. The van der Waals surface area contributed by atoms with Gasteiger partial charge in [0.25, 0.3) is 0 Å². The van der Waals surface area contributed by atoms with Crippen LogP contribution in [-0.4, -0.2) is 25.1 Å². The van der Waals surface area contributed by atoms with Gasteiger partial charge in [-0.1, -0.05) is 6.07 Å². The molecule has 0 saturated carbocycles. The molecule has 2 amide bonds. The summed E-state index contributed by atoms with van der Waals surface area (Å²) in [6, 6.07) is 7.89. The Balaban J connectivity index is 1.89. The first-order chi connectivity index (χ1) is 10.1. The van der Waals surface area contributed by atoms with Gasteiger partial charge in [0.15, 0.2) is 11.6 Å². The van der Waals surface area contributed by atoms with Gasteiger partial charge in [-0.3, -0.25) is 0 Å². The predicted octanol–water partition coefficient (Wildman–Crippen LogP) is 2.77. The van der Waals surface area contributed by atoms with E-state index in [4.69, 9.17) is 9.15 Å². The molecule has 21 heavy (non-hydrogen) atoms. The molecular weight excluding hydrogens is 275 g/mol. The van der Waals surface area contributed by atoms with Crippen molar-refractivity contribution in [3.63, 3.8) is 0 Å². The molecule has 6 heteroatoms. The number of methoxy groups -OCH3 is 1. The molecule has 0 unspecified atom stereocenters. The smallest absolute Gasteiger partial charge is 0.317 e. The van der Waals surface area contributed by atoms with Crippen molar-refractivity contribution >= 4 is 6.03 Å². The van der Waals surface area contributed by atoms with E-state index in [0.717, 1.165) is 0 Å². The second-order valence-corrected chi connectivity index (χ2v) is 4.56. The van der Waals surface area contributed by atoms with Gasteiger partial charge in [-0.25, -0.2) is 9.18 Å².